The summed E-state index contributed by atoms with van der Waals surface area (Å²) in [5, 5.41) is 4.21. The van der Waals surface area contributed by atoms with E-state index in [0.717, 1.165) is 29.5 Å². The van der Waals surface area contributed by atoms with Gasteiger partial charge in [-0.05, 0) is 71.7 Å². The fraction of sp³-hybridized carbons (Fsp3) is 0.226. The number of rotatable bonds is 9. The first kappa shape index (κ1) is 24.8. The number of aryl methyl sites for hydroxylation is 1. The molecular formula is C31H30N2O3S. The van der Waals surface area contributed by atoms with Gasteiger partial charge in [-0.2, -0.15) is 5.10 Å². The third-order valence-corrected chi connectivity index (χ3v) is 7.61. The number of nitrogens with zero attached hydrogens (tertiary/aromatic N) is 1. The molecule has 0 saturated carbocycles. The average molecular weight is 511 g/mol. The van der Waals surface area contributed by atoms with Crippen molar-refractivity contribution in [2.75, 3.05) is 0 Å². The Morgan fingerprint density at radius 1 is 0.946 bits per heavy atom. The summed E-state index contributed by atoms with van der Waals surface area (Å²) in [7, 11) is 0. The van der Waals surface area contributed by atoms with E-state index in [4.69, 9.17) is 9.47 Å². The van der Waals surface area contributed by atoms with Crippen molar-refractivity contribution in [2.24, 2.45) is 11.0 Å². The number of thiophene rings is 1. The Kier molecular flexibility index (Phi) is 7.96. The van der Waals surface area contributed by atoms with E-state index in [1.54, 1.807) is 17.6 Å². The van der Waals surface area contributed by atoms with Crippen LogP contribution in [0.3, 0.4) is 0 Å². The van der Waals surface area contributed by atoms with E-state index in [-0.39, 0.29) is 5.91 Å². The number of benzene rings is 3. The fourth-order valence-electron chi connectivity index (χ4n) is 4.35. The third kappa shape index (κ3) is 6.66. The van der Waals surface area contributed by atoms with Crippen molar-refractivity contribution >= 4 is 23.5 Å². The van der Waals surface area contributed by atoms with Crippen molar-refractivity contribution in [1.29, 1.82) is 0 Å². The SMILES string of the molecule is C[C@H]1CCc2sc(C(=O)N/N=C\c3ccc(OCc4ccccc4)c(OCc4ccccc4)c3)cc2C1. The highest BCUT2D eigenvalue weighted by Gasteiger charge is 2.20. The Balaban J connectivity index is 1.27. The van der Waals surface area contributed by atoms with Crippen LogP contribution in [0.2, 0.25) is 0 Å². The summed E-state index contributed by atoms with van der Waals surface area (Å²) in [6.07, 6.45) is 4.92. The summed E-state index contributed by atoms with van der Waals surface area (Å²) in [6, 6.07) is 27.7. The van der Waals surface area contributed by atoms with Gasteiger partial charge in [-0.1, -0.05) is 67.6 Å². The monoisotopic (exact) mass is 510 g/mol. The molecule has 0 saturated heterocycles. The lowest BCUT2D eigenvalue weighted by atomic mass is 9.90. The Bertz CT molecular complexity index is 1370. The van der Waals surface area contributed by atoms with Crippen LogP contribution in [0.15, 0.2) is 90.0 Å². The summed E-state index contributed by atoms with van der Waals surface area (Å²) in [5.41, 5.74) is 6.93. The van der Waals surface area contributed by atoms with Crippen LogP contribution in [0.4, 0.5) is 0 Å². The summed E-state index contributed by atoms with van der Waals surface area (Å²) in [5.74, 6) is 1.77. The highest BCUT2D eigenvalue weighted by Crippen LogP contribution is 2.32. The summed E-state index contributed by atoms with van der Waals surface area (Å²) >= 11 is 1.58. The van der Waals surface area contributed by atoms with E-state index in [1.807, 2.05) is 84.9 Å². The highest BCUT2D eigenvalue weighted by atomic mass is 32.1. The van der Waals surface area contributed by atoms with Gasteiger partial charge in [0.2, 0.25) is 0 Å². The molecule has 1 heterocycles. The number of hydrogen-bond donors (Lipinski definition) is 1. The maximum Gasteiger partial charge on any atom is 0.281 e. The molecule has 1 aliphatic carbocycles. The van der Waals surface area contributed by atoms with Crippen LogP contribution < -0.4 is 14.9 Å². The van der Waals surface area contributed by atoms with Gasteiger partial charge in [0.1, 0.15) is 13.2 Å². The fourth-order valence-corrected chi connectivity index (χ4v) is 5.44. The zero-order valence-corrected chi connectivity index (χ0v) is 21.7. The highest BCUT2D eigenvalue weighted by molar-refractivity contribution is 7.14. The second-order valence-electron chi connectivity index (χ2n) is 9.36. The molecule has 0 bridgehead atoms. The standard InChI is InChI=1S/C31H30N2O3S/c1-22-12-15-29-26(16-22)18-30(37-29)31(34)33-32-19-25-13-14-27(35-20-23-8-4-2-5-9-23)28(17-25)36-21-24-10-6-3-7-11-24/h2-11,13-14,17-19,22H,12,15-16,20-21H2,1H3,(H,33,34)/b32-19-/t22-/m0/s1. The maximum atomic E-state index is 12.7. The predicted octanol–water partition coefficient (Wildman–Crippen LogP) is 6.79. The second-order valence-corrected chi connectivity index (χ2v) is 10.5. The van der Waals surface area contributed by atoms with Gasteiger partial charge in [-0.25, -0.2) is 5.43 Å². The van der Waals surface area contributed by atoms with Gasteiger partial charge in [-0.3, -0.25) is 4.79 Å². The molecule has 6 heteroatoms. The molecule has 0 aliphatic heterocycles. The molecule has 1 atom stereocenters. The first-order valence-electron chi connectivity index (χ1n) is 12.6. The van der Waals surface area contributed by atoms with Crippen LogP contribution in [0.25, 0.3) is 0 Å². The van der Waals surface area contributed by atoms with Gasteiger partial charge in [0, 0.05) is 4.88 Å². The zero-order valence-electron chi connectivity index (χ0n) is 20.9. The molecule has 4 aromatic rings. The summed E-state index contributed by atoms with van der Waals surface area (Å²) in [6.45, 7) is 3.12. The lowest BCUT2D eigenvalue weighted by Gasteiger charge is -2.16. The first-order chi connectivity index (χ1) is 18.1. The van der Waals surface area contributed by atoms with Crippen LogP contribution in [-0.4, -0.2) is 12.1 Å². The maximum absolute atomic E-state index is 12.7. The Hall–Kier alpha value is -3.90. The first-order valence-corrected chi connectivity index (χ1v) is 13.4. The average Bonchev–Trinajstić information content (AvgIpc) is 3.36. The van der Waals surface area contributed by atoms with Gasteiger partial charge >= 0.3 is 0 Å². The van der Waals surface area contributed by atoms with Gasteiger partial charge < -0.3 is 9.47 Å². The van der Waals surface area contributed by atoms with Gasteiger partial charge in [-0.15, -0.1) is 11.3 Å². The molecule has 5 rings (SSSR count). The number of ether oxygens (including phenoxy) is 2. The van der Waals surface area contributed by atoms with Crippen molar-refractivity contribution in [1.82, 2.24) is 5.43 Å². The topological polar surface area (TPSA) is 59.9 Å². The van der Waals surface area contributed by atoms with E-state index in [2.05, 4.69) is 17.5 Å². The van der Waals surface area contributed by atoms with Crippen molar-refractivity contribution in [3.8, 4) is 11.5 Å². The molecule has 0 fully saturated rings. The number of carbonyl (C=O) groups excluding carboxylic acids is 1. The predicted molar refractivity (Wildman–Crippen MR) is 149 cm³/mol. The lowest BCUT2D eigenvalue weighted by molar-refractivity contribution is 0.0959. The van der Waals surface area contributed by atoms with Gasteiger partial charge in [0.05, 0.1) is 11.1 Å². The molecule has 188 valence electrons. The van der Waals surface area contributed by atoms with E-state index in [1.165, 1.54) is 16.9 Å². The molecule has 0 spiro atoms. The number of hydrogen-bond acceptors (Lipinski definition) is 5. The number of hydrazone groups is 1. The minimum atomic E-state index is -0.174. The molecule has 1 aromatic heterocycles. The van der Waals surface area contributed by atoms with Crippen LogP contribution in [0.5, 0.6) is 11.5 Å². The molecule has 3 aromatic carbocycles. The number of amides is 1. The van der Waals surface area contributed by atoms with Crippen molar-refractivity contribution in [2.45, 2.75) is 39.4 Å². The zero-order chi connectivity index (χ0) is 25.5. The van der Waals surface area contributed by atoms with E-state index < -0.39 is 0 Å². The largest absolute Gasteiger partial charge is 0.485 e. The van der Waals surface area contributed by atoms with E-state index >= 15 is 0 Å². The van der Waals surface area contributed by atoms with Gasteiger partial charge in [0.25, 0.3) is 5.91 Å². The quantitative estimate of drug-likeness (QED) is 0.199. The summed E-state index contributed by atoms with van der Waals surface area (Å²) in [4.78, 5) is 14.7. The van der Waals surface area contributed by atoms with E-state index in [9.17, 15) is 4.79 Å². The van der Waals surface area contributed by atoms with Gasteiger partial charge in [0.15, 0.2) is 11.5 Å². The molecule has 1 amide bonds. The Morgan fingerprint density at radius 3 is 2.32 bits per heavy atom. The number of nitrogens with one attached hydrogen (secondary N) is 1. The Morgan fingerprint density at radius 2 is 1.62 bits per heavy atom. The van der Waals surface area contributed by atoms with Crippen molar-refractivity contribution in [3.05, 3.63) is 117 Å². The van der Waals surface area contributed by atoms with Crippen LogP contribution >= 0.6 is 11.3 Å². The molecule has 0 radical (unpaired) electrons. The Labute approximate surface area is 221 Å². The molecule has 1 N–H and O–H groups in total. The third-order valence-electron chi connectivity index (χ3n) is 6.37. The van der Waals surface area contributed by atoms with Crippen molar-refractivity contribution < 1.29 is 14.3 Å². The molecule has 1 aliphatic rings. The minimum absolute atomic E-state index is 0.174. The van der Waals surface area contributed by atoms with Crippen LogP contribution in [0, 0.1) is 5.92 Å². The summed E-state index contributed by atoms with van der Waals surface area (Å²) < 4.78 is 12.2. The molecule has 0 unspecified atom stereocenters. The molecule has 5 nitrogen and oxygen atoms in total. The van der Waals surface area contributed by atoms with E-state index in [0.29, 0.717) is 35.5 Å². The lowest BCUT2D eigenvalue weighted by Crippen LogP contribution is -2.16. The minimum Gasteiger partial charge on any atom is -0.485 e. The molecular weight excluding hydrogens is 480 g/mol. The molecule has 37 heavy (non-hydrogen) atoms. The second kappa shape index (κ2) is 11.9. The number of fused-ring (bicyclic) bond motifs is 1. The number of carbonyl (C=O) groups is 1. The van der Waals surface area contributed by atoms with Crippen LogP contribution in [0.1, 0.15) is 50.1 Å². The smallest absolute Gasteiger partial charge is 0.281 e. The van der Waals surface area contributed by atoms with Crippen molar-refractivity contribution in [3.63, 3.8) is 0 Å². The van der Waals surface area contributed by atoms with Crippen LogP contribution in [-0.2, 0) is 26.1 Å². The normalized spacial score (nSPS) is 14.8.